The molecule has 0 saturated heterocycles. The summed E-state index contributed by atoms with van der Waals surface area (Å²) in [6.07, 6.45) is 1.41. The molecule has 0 heterocycles. The molecule has 0 bridgehead atoms. The lowest BCUT2D eigenvalue weighted by molar-refractivity contribution is -0.140. The Morgan fingerprint density at radius 3 is 2.82 bits per heavy atom. The highest BCUT2D eigenvalue weighted by atomic mass is 32.2. The van der Waals surface area contributed by atoms with Gasteiger partial charge in [0.25, 0.3) is 0 Å². The van der Waals surface area contributed by atoms with Crippen molar-refractivity contribution in [2.24, 2.45) is 5.73 Å². The first-order valence-electron chi connectivity index (χ1n) is 3.66. The van der Waals surface area contributed by atoms with Crippen LogP contribution in [0, 0.1) is 0 Å². The lowest BCUT2D eigenvalue weighted by Gasteiger charge is -1.98. The molecular formula is C7H15NO2S. The number of esters is 1. The summed E-state index contributed by atoms with van der Waals surface area (Å²) in [5.41, 5.74) is 5.28. The predicted octanol–water partition coefficient (Wildman–Crippen LogP) is 0.632. The van der Waals surface area contributed by atoms with Crippen molar-refractivity contribution < 1.29 is 9.53 Å². The van der Waals surface area contributed by atoms with E-state index in [9.17, 15) is 4.79 Å². The lowest BCUT2D eigenvalue weighted by atomic mass is 10.3. The molecule has 0 spiro atoms. The van der Waals surface area contributed by atoms with Crippen molar-refractivity contribution in [1.29, 1.82) is 0 Å². The maximum absolute atomic E-state index is 10.6. The molecule has 0 rings (SSSR count). The van der Waals surface area contributed by atoms with E-state index in [1.54, 1.807) is 11.8 Å². The molecule has 0 fully saturated rings. The van der Waals surface area contributed by atoms with Crippen LogP contribution in [-0.4, -0.2) is 31.1 Å². The number of ether oxygens (including phenoxy) is 1. The van der Waals surface area contributed by atoms with Crippen LogP contribution in [0.3, 0.4) is 0 Å². The van der Waals surface area contributed by atoms with Crippen LogP contribution in [0.5, 0.6) is 0 Å². The number of nitrogens with two attached hydrogens (primary N) is 1. The summed E-state index contributed by atoms with van der Waals surface area (Å²) in [5.74, 6) is 1.84. The average Bonchev–Trinajstić information content (AvgIpc) is 2.04. The van der Waals surface area contributed by atoms with Crippen LogP contribution in [0.1, 0.15) is 12.8 Å². The van der Waals surface area contributed by atoms with Gasteiger partial charge in [0.1, 0.15) is 0 Å². The predicted molar refractivity (Wildman–Crippen MR) is 47.6 cm³/mol. The summed E-state index contributed by atoms with van der Waals surface area (Å²) in [6, 6.07) is 0. The minimum Gasteiger partial charge on any atom is -0.469 e. The molecule has 4 heteroatoms. The highest BCUT2D eigenvalue weighted by molar-refractivity contribution is 7.99. The number of rotatable bonds is 6. The third-order valence-electron chi connectivity index (χ3n) is 1.16. The molecule has 0 saturated carbocycles. The smallest absolute Gasteiger partial charge is 0.305 e. The summed E-state index contributed by atoms with van der Waals surface area (Å²) in [4.78, 5) is 10.6. The zero-order chi connectivity index (χ0) is 8.53. The number of carbonyl (C=O) groups is 1. The van der Waals surface area contributed by atoms with Crippen molar-refractivity contribution in [2.45, 2.75) is 12.8 Å². The number of hydrogen-bond donors (Lipinski definition) is 1. The third kappa shape index (κ3) is 7.68. The first-order chi connectivity index (χ1) is 5.31. The van der Waals surface area contributed by atoms with E-state index >= 15 is 0 Å². The monoisotopic (exact) mass is 177 g/mol. The molecule has 3 nitrogen and oxygen atoms in total. The van der Waals surface area contributed by atoms with Gasteiger partial charge in [-0.25, -0.2) is 0 Å². The van der Waals surface area contributed by atoms with Gasteiger partial charge >= 0.3 is 5.97 Å². The number of carbonyl (C=O) groups excluding carboxylic acids is 1. The van der Waals surface area contributed by atoms with Gasteiger partial charge in [-0.05, 0) is 12.2 Å². The lowest BCUT2D eigenvalue weighted by Crippen LogP contribution is -2.03. The molecule has 0 aromatic carbocycles. The molecule has 0 aromatic heterocycles. The van der Waals surface area contributed by atoms with Crippen LogP contribution in [-0.2, 0) is 9.53 Å². The third-order valence-corrected chi connectivity index (χ3v) is 2.26. The van der Waals surface area contributed by atoms with Crippen molar-refractivity contribution in [3.05, 3.63) is 0 Å². The molecule has 0 atom stereocenters. The quantitative estimate of drug-likeness (QED) is 0.477. The molecule has 2 N–H and O–H groups in total. The Hall–Kier alpha value is -0.220. The molecule has 0 amide bonds. The second kappa shape index (κ2) is 7.88. The standard InChI is InChI=1S/C7H15NO2S/c1-10-7(9)3-2-5-11-6-4-8/h2-6,8H2,1H3. The summed E-state index contributed by atoms with van der Waals surface area (Å²) in [6.45, 7) is 0.711. The summed E-state index contributed by atoms with van der Waals surface area (Å²) < 4.78 is 4.48. The molecule has 0 aliphatic carbocycles. The van der Waals surface area contributed by atoms with E-state index in [0.717, 1.165) is 17.9 Å². The minimum atomic E-state index is -0.127. The van der Waals surface area contributed by atoms with Gasteiger partial charge in [0.2, 0.25) is 0 Å². The zero-order valence-corrected chi connectivity index (χ0v) is 7.65. The van der Waals surface area contributed by atoms with Gasteiger partial charge in [0.15, 0.2) is 0 Å². The molecule has 11 heavy (non-hydrogen) atoms. The maximum Gasteiger partial charge on any atom is 0.305 e. The van der Waals surface area contributed by atoms with Crippen LogP contribution in [0.25, 0.3) is 0 Å². The van der Waals surface area contributed by atoms with Crippen molar-refractivity contribution >= 4 is 17.7 Å². The van der Waals surface area contributed by atoms with E-state index in [2.05, 4.69) is 4.74 Å². The topological polar surface area (TPSA) is 52.3 Å². The minimum absolute atomic E-state index is 0.127. The average molecular weight is 177 g/mol. The Kier molecular flexibility index (Phi) is 7.72. The number of thioether (sulfide) groups is 1. The van der Waals surface area contributed by atoms with Crippen molar-refractivity contribution in [1.82, 2.24) is 0 Å². The molecule has 0 aromatic rings. The van der Waals surface area contributed by atoms with E-state index in [4.69, 9.17) is 5.73 Å². The molecule has 0 radical (unpaired) electrons. The first-order valence-corrected chi connectivity index (χ1v) is 4.81. The normalized spacial score (nSPS) is 9.64. The largest absolute Gasteiger partial charge is 0.469 e. The highest BCUT2D eigenvalue weighted by Crippen LogP contribution is 2.03. The second-order valence-corrected chi connectivity index (χ2v) is 3.31. The number of methoxy groups -OCH3 is 1. The van der Waals surface area contributed by atoms with Crippen LogP contribution in [0.2, 0.25) is 0 Å². The maximum atomic E-state index is 10.6. The molecule has 0 aliphatic heterocycles. The number of hydrogen-bond acceptors (Lipinski definition) is 4. The molecule has 66 valence electrons. The van der Waals surface area contributed by atoms with E-state index < -0.39 is 0 Å². The molecular weight excluding hydrogens is 162 g/mol. The SMILES string of the molecule is COC(=O)CCCSCCN. The second-order valence-electron chi connectivity index (χ2n) is 2.08. The fourth-order valence-electron chi connectivity index (χ4n) is 0.606. The van der Waals surface area contributed by atoms with Crippen LogP contribution in [0.4, 0.5) is 0 Å². The first kappa shape index (κ1) is 10.8. The van der Waals surface area contributed by atoms with Gasteiger partial charge < -0.3 is 10.5 Å². The Balaban J connectivity index is 2.95. The fraction of sp³-hybridized carbons (Fsp3) is 0.857. The van der Waals surface area contributed by atoms with E-state index in [-0.39, 0.29) is 5.97 Å². The highest BCUT2D eigenvalue weighted by Gasteiger charge is 1.98. The Labute approximate surface area is 71.7 Å². The van der Waals surface area contributed by atoms with Gasteiger partial charge in [-0.3, -0.25) is 4.79 Å². The van der Waals surface area contributed by atoms with Gasteiger partial charge in [-0.15, -0.1) is 0 Å². The van der Waals surface area contributed by atoms with Crippen molar-refractivity contribution in [2.75, 3.05) is 25.2 Å². The Morgan fingerprint density at radius 1 is 1.55 bits per heavy atom. The summed E-state index contributed by atoms with van der Waals surface area (Å²) in [5, 5.41) is 0. The summed E-state index contributed by atoms with van der Waals surface area (Å²) >= 11 is 1.77. The molecule has 0 aliphatic rings. The van der Waals surface area contributed by atoms with E-state index in [1.807, 2.05) is 0 Å². The van der Waals surface area contributed by atoms with Crippen molar-refractivity contribution in [3.63, 3.8) is 0 Å². The Morgan fingerprint density at radius 2 is 2.27 bits per heavy atom. The van der Waals surface area contributed by atoms with Crippen LogP contribution in [0.15, 0.2) is 0 Å². The molecule has 0 unspecified atom stereocenters. The van der Waals surface area contributed by atoms with Crippen LogP contribution < -0.4 is 5.73 Å². The fourth-order valence-corrected chi connectivity index (χ4v) is 1.33. The zero-order valence-electron chi connectivity index (χ0n) is 6.84. The van der Waals surface area contributed by atoms with Crippen molar-refractivity contribution in [3.8, 4) is 0 Å². The van der Waals surface area contributed by atoms with E-state index in [1.165, 1.54) is 7.11 Å². The van der Waals surface area contributed by atoms with Gasteiger partial charge in [0.05, 0.1) is 7.11 Å². The summed E-state index contributed by atoms with van der Waals surface area (Å²) in [7, 11) is 1.41. The van der Waals surface area contributed by atoms with Gasteiger partial charge in [0, 0.05) is 18.7 Å². The van der Waals surface area contributed by atoms with Crippen LogP contribution >= 0.6 is 11.8 Å². The van der Waals surface area contributed by atoms with Gasteiger partial charge in [-0.1, -0.05) is 0 Å². The Bertz CT molecular complexity index is 109. The van der Waals surface area contributed by atoms with E-state index in [0.29, 0.717) is 13.0 Å². The van der Waals surface area contributed by atoms with Gasteiger partial charge in [-0.2, -0.15) is 11.8 Å².